The maximum absolute atomic E-state index is 3.54. The molecule has 1 heterocycles. The van der Waals surface area contributed by atoms with Crippen LogP contribution in [0.15, 0.2) is 5.70 Å². The summed E-state index contributed by atoms with van der Waals surface area (Å²) in [4.78, 5) is 2.55. The lowest BCUT2D eigenvalue weighted by atomic mass is 10.1. The predicted molar refractivity (Wildman–Crippen MR) is 61.9 cm³/mol. The van der Waals surface area contributed by atoms with Crippen molar-refractivity contribution in [3.05, 3.63) is 11.8 Å². The second-order valence-electron chi connectivity index (χ2n) is 4.65. The standard InChI is InChI=1S/C13H24N/c1-4-7-13-8-5-6-10-14(13)11-9-12(2)3/h12H,4-7,9-11H2,1-3H3. The van der Waals surface area contributed by atoms with E-state index in [-0.39, 0.29) is 0 Å². The molecule has 1 rings (SSSR count). The van der Waals surface area contributed by atoms with Gasteiger partial charge in [-0.25, -0.2) is 0 Å². The monoisotopic (exact) mass is 194 g/mol. The van der Waals surface area contributed by atoms with Crippen LogP contribution >= 0.6 is 0 Å². The summed E-state index contributed by atoms with van der Waals surface area (Å²) in [5, 5.41) is 0. The van der Waals surface area contributed by atoms with Crippen molar-refractivity contribution < 1.29 is 0 Å². The van der Waals surface area contributed by atoms with Gasteiger partial charge in [0.05, 0.1) is 0 Å². The highest BCUT2D eigenvalue weighted by molar-refractivity contribution is 4.99. The lowest BCUT2D eigenvalue weighted by Gasteiger charge is -2.31. The largest absolute Gasteiger partial charge is 0.375 e. The average Bonchev–Trinajstić information content (AvgIpc) is 2.17. The quantitative estimate of drug-likeness (QED) is 0.646. The lowest BCUT2D eigenvalue weighted by Crippen LogP contribution is -2.28. The van der Waals surface area contributed by atoms with Gasteiger partial charge in [-0.15, -0.1) is 0 Å². The molecule has 0 spiro atoms. The van der Waals surface area contributed by atoms with Crippen LogP contribution in [0.3, 0.4) is 0 Å². The van der Waals surface area contributed by atoms with Crippen molar-refractivity contribution in [3.8, 4) is 0 Å². The number of rotatable bonds is 5. The van der Waals surface area contributed by atoms with E-state index >= 15 is 0 Å². The highest BCUT2D eigenvalue weighted by atomic mass is 15.1. The summed E-state index contributed by atoms with van der Waals surface area (Å²) >= 11 is 0. The number of allylic oxidation sites excluding steroid dienone is 2. The fourth-order valence-corrected chi connectivity index (χ4v) is 1.89. The Hall–Kier alpha value is -0.460. The smallest absolute Gasteiger partial charge is 0.0178 e. The number of hydrogen-bond acceptors (Lipinski definition) is 1. The van der Waals surface area contributed by atoms with E-state index in [2.05, 4.69) is 31.7 Å². The van der Waals surface area contributed by atoms with Gasteiger partial charge in [0.15, 0.2) is 0 Å². The summed E-state index contributed by atoms with van der Waals surface area (Å²) < 4.78 is 0. The van der Waals surface area contributed by atoms with Gasteiger partial charge in [-0.05, 0) is 37.7 Å². The minimum absolute atomic E-state index is 0.819. The topological polar surface area (TPSA) is 3.24 Å². The molecule has 0 amide bonds. The van der Waals surface area contributed by atoms with E-state index in [4.69, 9.17) is 0 Å². The van der Waals surface area contributed by atoms with Crippen LogP contribution in [-0.2, 0) is 0 Å². The van der Waals surface area contributed by atoms with Crippen molar-refractivity contribution >= 4 is 0 Å². The first kappa shape index (κ1) is 11.6. The summed E-state index contributed by atoms with van der Waals surface area (Å²) in [5.41, 5.74) is 1.49. The van der Waals surface area contributed by atoms with Crippen LogP contribution < -0.4 is 0 Å². The van der Waals surface area contributed by atoms with Gasteiger partial charge in [0, 0.05) is 18.8 Å². The molecule has 1 aliphatic heterocycles. The second-order valence-corrected chi connectivity index (χ2v) is 4.65. The van der Waals surface area contributed by atoms with E-state index in [9.17, 15) is 0 Å². The van der Waals surface area contributed by atoms with Crippen molar-refractivity contribution in [1.29, 1.82) is 0 Å². The molecular formula is C13H24N. The number of hydrogen-bond donors (Lipinski definition) is 0. The molecule has 0 aliphatic carbocycles. The molecule has 1 heteroatoms. The van der Waals surface area contributed by atoms with E-state index in [1.807, 2.05) is 0 Å². The molecule has 14 heavy (non-hydrogen) atoms. The maximum atomic E-state index is 3.54. The lowest BCUT2D eigenvalue weighted by molar-refractivity contribution is 0.288. The fourth-order valence-electron chi connectivity index (χ4n) is 1.89. The van der Waals surface area contributed by atoms with Crippen LogP contribution in [0.1, 0.15) is 52.9 Å². The first-order valence-corrected chi connectivity index (χ1v) is 6.08. The van der Waals surface area contributed by atoms with E-state index in [0.717, 1.165) is 5.92 Å². The van der Waals surface area contributed by atoms with Crippen molar-refractivity contribution in [2.75, 3.05) is 13.1 Å². The molecule has 0 atom stereocenters. The van der Waals surface area contributed by atoms with Gasteiger partial charge in [-0.1, -0.05) is 27.2 Å². The van der Waals surface area contributed by atoms with Crippen LogP contribution in [0.5, 0.6) is 0 Å². The van der Waals surface area contributed by atoms with Crippen LogP contribution in [0.4, 0.5) is 0 Å². The van der Waals surface area contributed by atoms with E-state index in [0.29, 0.717) is 0 Å². The van der Waals surface area contributed by atoms with Gasteiger partial charge in [0.2, 0.25) is 0 Å². The average molecular weight is 194 g/mol. The molecule has 0 aromatic heterocycles. The highest BCUT2D eigenvalue weighted by Gasteiger charge is 2.12. The summed E-state index contributed by atoms with van der Waals surface area (Å²) in [6.07, 6.45) is 9.79. The Morgan fingerprint density at radius 2 is 2.21 bits per heavy atom. The second kappa shape index (κ2) is 6.10. The Kier molecular flexibility index (Phi) is 5.06. The zero-order chi connectivity index (χ0) is 10.4. The zero-order valence-corrected chi connectivity index (χ0v) is 9.97. The summed E-state index contributed by atoms with van der Waals surface area (Å²) in [5.74, 6) is 0.819. The molecule has 0 unspecified atom stereocenters. The molecule has 0 saturated carbocycles. The molecule has 0 fully saturated rings. The van der Waals surface area contributed by atoms with E-state index in [1.165, 1.54) is 50.9 Å². The molecule has 1 aliphatic rings. The normalized spacial score (nSPS) is 17.4. The van der Waals surface area contributed by atoms with Gasteiger partial charge >= 0.3 is 0 Å². The third-order valence-corrected chi connectivity index (χ3v) is 2.78. The van der Waals surface area contributed by atoms with Gasteiger partial charge in [-0.3, -0.25) is 0 Å². The molecule has 0 aromatic carbocycles. The Labute approximate surface area is 89.2 Å². The fraction of sp³-hybridized carbons (Fsp3) is 0.846. The maximum Gasteiger partial charge on any atom is 0.0178 e. The Bertz CT molecular complexity index is 182. The molecule has 0 aromatic rings. The third-order valence-electron chi connectivity index (χ3n) is 2.78. The van der Waals surface area contributed by atoms with Crippen LogP contribution in [0.25, 0.3) is 0 Å². The molecular weight excluding hydrogens is 170 g/mol. The Morgan fingerprint density at radius 1 is 1.43 bits per heavy atom. The van der Waals surface area contributed by atoms with Crippen LogP contribution in [0.2, 0.25) is 0 Å². The molecule has 1 radical (unpaired) electrons. The van der Waals surface area contributed by atoms with Crippen molar-refractivity contribution in [1.82, 2.24) is 4.90 Å². The summed E-state index contributed by atoms with van der Waals surface area (Å²) in [6, 6.07) is 0. The number of nitrogens with zero attached hydrogens (tertiary/aromatic N) is 1. The zero-order valence-electron chi connectivity index (χ0n) is 9.97. The minimum Gasteiger partial charge on any atom is -0.375 e. The van der Waals surface area contributed by atoms with Crippen molar-refractivity contribution in [3.63, 3.8) is 0 Å². The van der Waals surface area contributed by atoms with Gasteiger partial charge in [-0.2, -0.15) is 0 Å². The predicted octanol–water partition coefficient (Wildman–Crippen LogP) is 3.62. The Balaban J connectivity index is 2.40. The van der Waals surface area contributed by atoms with Crippen LogP contribution in [-0.4, -0.2) is 18.0 Å². The van der Waals surface area contributed by atoms with E-state index in [1.54, 1.807) is 0 Å². The van der Waals surface area contributed by atoms with Gasteiger partial charge in [0.1, 0.15) is 0 Å². The molecule has 0 saturated heterocycles. The van der Waals surface area contributed by atoms with Crippen LogP contribution in [0, 0.1) is 12.0 Å². The first-order chi connectivity index (χ1) is 6.74. The Morgan fingerprint density at radius 3 is 2.86 bits per heavy atom. The van der Waals surface area contributed by atoms with Gasteiger partial charge < -0.3 is 4.90 Å². The molecule has 1 nitrogen and oxygen atoms in total. The van der Waals surface area contributed by atoms with Crippen molar-refractivity contribution in [2.24, 2.45) is 5.92 Å². The SMILES string of the molecule is CCCC1=[C]CCCN1CCC(C)C. The molecule has 81 valence electrons. The van der Waals surface area contributed by atoms with E-state index < -0.39 is 0 Å². The van der Waals surface area contributed by atoms with Crippen molar-refractivity contribution in [2.45, 2.75) is 52.9 Å². The minimum atomic E-state index is 0.819. The first-order valence-electron chi connectivity index (χ1n) is 6.08. The molecule has 0 N–H and O–H groups in total. The highest BCUT2D eigenvalue weighted by Crippen LogP contribution is 2.19. The van der Waals surface area contributed by atoms with Gasteiger partial charge in [0.25, 0.3) is 0 Å². The summed E-state index contributed by atoms with van der Waals surface area (Å²) in [6.45, 7) is 9.35. The summed E-state index contributed by atoms with van der Waals surface area (Å²) in [7, 11) is 0. The third kappa shape index (κ3) is 3.73. The molecule has 0 bridgehead atoms.